The van der Waals surface area contributed by atoms with Crippen LogP contribution in [-0.2, 0) is 13.6 Å². The van der Waals surface area contributed by atoms with Crippen LogP contribution in [0.2, 0.25) is 0 Å². The number of nitrogens with one attached hydrogen (secondary N) is 1. The summed E-state index contributed by atoms with van der Waals surface area (Å²) >= 11 is 0. The topological polar surface area (TPSA) is 29.9 Å². The van der Waals surface area contributed by atoms with E-state index < -0.39 is 0 Å². The first-order valence-electron chi connectivity index (χ1n) is 4.97. The minimum atomic E-state index is 0.655. The summed E-state index contributed by atoms with van der Waals surface area (Å²) in [5, 5.41) is 7.81. The van der Waals surface area contributed by atoms with Gasteiger partial charge in [-0.05, 0) is 31.7 Å². The normalized spacial score (nSPS) is 18.9. The fourth-order valence-electron chi connectivity index (χ4n) is 1.59. The van der Waals surface area contributed by atoms with Crippen molar-refractivity contribution in [2.75, 3.05) is 0 Å². The van der Waals surface area contributed by atoms with Gasteiger partial charge < -0.3 is 5.32 Å². The Balaban J connectivity index is 1.78. The minimum absolute atomic E-state index is 0.655. The summed E-state index contributed by atoms with van der Waals surface area (Å²) in [6.45, 7) is 3.17. The van der Waals surface area contributed by atoms with Crippen molar-refractivity contribution in [1.29, 1.82) is 0 Å². The number of rotatable bonds is 4. The number of hydrogen-bond donors (Lipinski definition) is 1. The molecule has 0 aromatic carbocycles. The van der Waals surface area contributed by atoms with E-state index in [1.807, 2.05) is 17.9 Å². The third-order valence-electron chi connectivity index (χ3n) is 2.70. The molecule has 1 unspecified atom stereocenters. The number of nitrogens with zero attached hydrogens (tertiary/aromatic N) is 2. The Morgan fingerprint density at radius 1 is 1.69 bits per heavy atom. The molecule has 1 atom stereocenters. The number of hydrogen-bond acceptors (Lipinski definition) is 2. The van der Waals surface area contributed by atoms with Crippen LogP contribution in [0.25, 0.3) is 0 Å². The number of aryl methyl sites for hydroxylation is 1. The Labute approximate surface area is 79.1 Å². The van der Waals surface area contributed by atoms with E-state index in [1.165, 1.54) is 12.8 Å². The maximum atomic E-state index is 4.32. The Hall–Kier alpha value is -0.830. The second-order valence-electron chi connectivity index (χ2n) is 3.99. The Morgan fingerprint density at radius 3 is 3.00 bits per heavy atom. The molecule has 2 rings (SSSR count). The molecule has 1 fully saturated rings. The first kappa shape index (κ1) is 8.75. The zero-order valence-electron chi connectivity index (χ0n) is 8.33. The maximum absolute atomic E-state index is 4.32. The lowest BCUT2D eigenvalue weighted by Gasteiger charge is -2.10. The molecule has 0 aliphatic heterocycles. The molecule has 3 heteroatoms. The van der Waals surface area contributed by atoms with Crippen LogP contribution in [0, 0.1) is 5.92 Å². The Bertz CT molecular complexity index is 275. The summed E-state index contributed by atoms with van der Waals surface area (Å²) in [6, 6.07) is 2.72. The van der Waals surface area contributed by atoms with Gasteiger partial charge in [0.15, 0.2) is 0 Å². The van der Waals surface area contributed by atoms with Gasteiger partial charge in [0.1, 0.15) is 0 Å². The predicted molar refractivity (Wildman–Crippen MR) is 52.2 cm³/mol. The molecular formula is C10H17N3. The lowest BCUT2D eigenvalue weighted by molar-refractivity contribution is 0.490. The molecule has 13 heavy (non-hydrogen) atoms. The van der Waals surface area contributed by atoms with Crippen LogP contribution >= 0.6 is 0 Å². The smallest absolute Gasteiger partial charge is 0.0762 e. The average Bonchev–Trinajstić information content (AvgIpc) is 2.87. The molecule has 1 aliphatic rings. The monoisotopic (exact) mass is 179 g/mol. The largest absolute Gasteiger partial charge is 0.308 e. The van der Waals surface area contributed by atoms with E-state index >= 15 is 0 Å². The van der Waals surface area contributed by atoms with Crippen molar-refractivity contribution in [3.05, 3.63) is 18.0 Å². The van der Waals surface area contributed by atoms with Crippen LogP contribution in [0.1, 0.15) is 25.5 Å². The summed E-state index contributed by atoms with van der Waals surface area (Å²) in [5.41, 5.74) is 1.13. The number of aromatic nitrogens is 2. The summed E-state index contributed by atoms with van der Waals surface area (Å²) in [7, 11) is 1.95. The lowest BCUT2D eigenvalue weighted by Crippen LogP contribution is -2.27. The van der Waals surface area contributed by atoms with Crippen molar-refractivity contribution >= 4 is 0 Å². The highest BCUT2D eigenvalue weighted by Gasteiger charge is 2.27. The van der Waals surface area contributed by atoms with Gasteiger partial charge >= 0.3 is 0 Å². The van der Waals surface area contributed by atoms with Gasteiger partial charge in [-0.15, -0.1) is 0 Å². The summed E-state index contributed by atoms with van der Waals surface area (Å²) in [4.78, 5) is 0. The molecule has 1 heterocycles. The summed E-state index contributed by atoms with van der Waals surface area (Å²) in [6.07, 6.45) is 4.78. The van der Waals surface area contributed by atoms with E-state index in [0.29, 0.717) is 6.04 Å². The highest BCUT2D eigenvalue weighted by atomic mass is 15.3. The maximum Gasteiger partial charge on any atom is 0.0762 e. The molecule has 0 amide bonds. The van der Waals surface area contributed by atoms with E-state index in [4.69, 9.17) is 0 Å². The molecule has 1 N–H and O–H groups in total. The SMILES string of the molecule is CC(NCc1ccn(C)n1)C1CC1. The second-order valence-corrected chi connectivity index (χ2v) is 3.99. The fraction of sp³-hybridized carbons (Fsp3) is 0.700. The highest BCUT2D eigenvalue weighted by molar-refractivity contribution is 4.98. The van der Waals surface area contributed by atoms with E-state index in [-0.39, 0.29) is 0 Å². The van der Waals surface area contributed by atoms with E-state index in [2.05, 4.69) is 23.4 Å². The third kappa shape index (κ3) is 2.31. The molecule has 0 bridgehead atoms. The summed E-state index contributed by atoms with van der Waals surface area (Å²) < 4.78 is 1.85. The third-order valence-corrected chi connectivity index (χ3v) is 2.70. The lowest BCUT2D eigenvalue weighted by atomic mass is 10.2. The van der Waals surface area contributed by atoms with Gasteiger partial charge in [-0.3, -0.25) is 4.68 Å². The van der Waals surface area contributed by atoms with Crippen LogP contribution in [-0.4, -0.2) is 15.8 Å². The van der Waals surface area contributed by atoms with Crippen molar-refractivity contribution in [2.45, 2.75) is 32.4 Å². The molecule has 1 saturated carbocycles. The first-order chi connectivity index (χ1) is 6.25. The van der Waals surface area contributed by atoms with Gasteiger partial charge in [0.25, 0.3) is 0 Å². The van der Waals surface area contributed by atoms with Gasteiger partial charge in [-0.25, -0.2) is 0 Å². The molecule has 1 aliphatic carbocycles. The van der Waals surface area contributed by atoms with E-state index in [9.17, 15) is 0 Å². The average molecular weight is 179 g/mol. The zero-order valence-corrected chi connectivity index (χ0v) is 8.33. The molecule has 72 valence electrons. The van der Waals surface area contributed by atoms with Gasteiger partial charge in [0, 0.05) is 25.8 Å². The van der Waals surface area contributed by atoms with E-state index in [0.717, 1.165) is 18.2 Å². The molecule has 0 spiro atoms. The van der Waals surface area contributed by atoms with Gasteiger partial charge in [-0.1, -0.05) is 0 Å². The van der Waals surface area contributed by atoms with Gasteiger partial charge in [0.2, 0.25) is 0 Å². The van der Waals surface area contributed by atoms with Crippen molar-refractivity contribution in [3.8, 4) is 0 Å². The predicted octanol–water partition coefficient (Wildman–Crippen LogP) is 1.31. The van der Waals surface area contributed by atoms with Crippen molar-refractivity contribution < 1.29 is 0 Å². The highest BCUT2D eigenvalue weighted by Crippen LogP contribution is 2.32. The van der Waals surface area contributed by atoms with Gasteiger partial charge in [0.05, 0.1) is 5.69 Å². The fourth-order valence-corrected chi connectivity index (χ4v) is 1.59. The molecule has 1 aromatic heterocycles. The molecular weight excluding hydrogens is 162 g/mol. The quantitative estimate of drug-likeness (QED) is 0.755. The zero-order chi connectivity index (χ0) is 9.26. The Kier molecular flexibility index (Phi) is 2.36. The van der Waals surface area contributed by atoms with Crippen LogP contribution < -0.4 is 5.32 Å². The van der Waals surface area contributed by atoms with Crippen LogP contribution in [0.5, 0.6) is 0 Å². The molecule has 3 nitrogen and oxygen atoms in total. The summed E-state index contributed by atoms with van der Waals surface area (Å²) in [5.74, 6) is 0.920. The standard InChI is InChI=1S/C10H17N3/c1-8(9-3-4-9)11-7-10-5-6-13(2)12-10/h5-6,8-9,11H,3-4,7H2,1-2H3. The van der Waals surface area contributed by atoms with Crippen LogP contribution in [0.15, 0.2) is 12.3 Å². The van der Waals surface area contributed by atoms with Crippen LogP contribution in [0.4, 0.5) is 0 Å². The van der Waals surface area contributed by atoms with Crippen LogP contribution in [0.3, 0.4) is 0 Å². The van der Waals surface area contributed by atoms with Crippen molar-refractivity contribution in [2.24, 2.45) is 13.0 Å². The van der Waals surface area contributed by atoms with Gasteiger partial charge in [-0.2, -0.15) is 5.10 Å². The second kappa shape index (κ2) is 3.50. The molecule has 0 radical (unpaired) electrons. The minimum Gasteiger partial charge on any atom is -0.308 e. The molecule has 1 aromatic rings. The Morgan fingerprint density at radius 2 is 2.46 bits per heavy atom. The first-order valence-corrected chi connectivity index (χ1v) is 4.97. The van der Waals surface area contributed by atoms with Crippen molar-refractivity contribution in [1.82, 2.24) is 15.1 Å². The molecule has 0 saturated heterocycles. The van der Waals surface area contributed by atoms with Crippen molar-refractivity contribution in [3.63, 3.8) is 0 Å². The van der Waals surface area contributed by atoms with E-state index in [1.54, 1.807) is 0 Å².